The minimum atomic E-state index is -0.526. The van der Waals surface area contributed by atoms with Crippen LogP contribution in [0.25, 0.3) is 0 Å². The van der Waals surface area contributed by atoms with Crippen LogP contribution in [0.5, 0.6) is 0 Å². The van der Waals surface area contributed by atoms with Gasteiger partial charge >= 0.3 is 12.1 Å². The number of benzene rings is 1. The lowest BCUT2D eigenvalue weighted by molar-refractivity contribution is 0.0253. The van der Waals surface area contributed by atoms with Crippen molar-refractivity contribution in [1.82, 2.24) is 9.80 Å². The zero-order chi connectivity index (χ0) is 20.9. The fraction of sp³-hybridized carbons (Fsp3) is 0.571. The molecule has 1 heterocycles. The number of ether oxygens (including phenoxy) is 1. The quantitative estimate of drug-likeness (QED) is 0.790. The maximum absolute atomic E-state index is 12.6. The van der Waals surface area contributed by atoms with Gasteiger partial charge in [0.25, 0.3) is 0 Å². The van der Waals surface area contributed by atoms with Crippen LogP contribution < -0.4 is 5.32 Å². The lowest BCUT2D eigenvalue weighted by Gasteiger charge is -2.35. The number of carbonyl (C=O) groups is 3. The van der Waals surface area contributed by atoms with E-state index < -0.39 is 5.60 Å². The Morgan fingerprint density at radius 1 is 1.21 bits per heavy atom. The molecule has 1 atom stereocenters. The molecule has 0 saturated carbocycles. The average Bonchev–Trinajstić information content (AvgIpc) is 2.61. The summed E-state index contributed by atoms with van der Waals surface area (Å²) in [6, 6.07) is 6.69. The fourth-order valence-electron chi connectivity index (χ4n) is 3.19. The Hall–Kier alpha value is -2.57. The summed E-state index contributed by atoms with van der Waals surface area (Å²) in [6.07, 6.45) is 1.51. The molecule has 0 aliphatic carbocycles. The number of hydrogen-bond acceptors (Lipinski definition) is 4. The van der Waals surface area contributed by atoms with Crippen LogP contribution in [0.1, 0.15) is 50.9 Å². The van der Waals surface area contributed by atoms with E-state index in [9.17, 15) is 14.4 Å². The third-order valence-electron chi connectivity index (χ3n) is 4.59. The van der Waals surface area contributed by atoms with Gasteiger partial charge in [-0.05, 0) is 70.7 Å². The Bertz CT molecular complexity index is 709. The van der Waals surface area contributed by atoms with E-state index in [4.69, 9.17) is 4.74 Å². The number of urea groups is 1. The van der Waals surface area contributed by atoms with Crippen molar-refractivity contribution in [2.45, 2.75) is 46.1 Å². The number of hydrogen-bond donors (Lipinski definition) is 1. The van der Waals surface area contributed by atoms with Gasteiger partial charge in [0, 0.05) is 37.9 Å². The summed E-state index contributed by atoms with van der Waals surface area (Å²) in [4.78, 5) is 39.4. The summed E-state index contributed by atoms with van der Waals surface area (Å²) in [7, 11) is 1.73. The third kappa shape index (κ3) is 6.55. The van der Waals surface area contributed by atoms with Gasteiger partial charge in [-0.1, -0.05) is 0 Å². The zero-order valence-corrected chi connectivity index (χ0v) is 17.4. The third-order valence-corrected chi connectivity index (χ3v) is 4.59. The maximum Gasteiger partial charge on any atom is 0.410 e. The molecule has 0 spiro atoms. The summed E-state index contributed by atoms with van der Waals surface area (Å²) >= 11 is 0. The van der Waals surface area contributed by atoms with Gasteiger partial charge in [0.15, 0.2) is 5.78 Å². The van der Waals surface area contributed by atoms with Crippen molar-refractivity contribution < 1.29 is 19.1 Å². The van der Waals surface area contributed by atoms with Gasteiger partial charge in [0.05, 0.1) is 0 Å². The van der Waals surface area contributed by atoms with Gasteiger partial charge in [-0.25, -0.2) is 9.59 Å². The Morgan fingerprint density at radius 3 is 2.43 bits per heavy atom. The second-order valence-corrected chi connectivity index (χ2v) is 8.38. The molecule has 28 heavy (non-hydrogen) atoms. The van der Waals surface area contributed by atoms with Crippen LogP contribution >= 0.6 is 0 Å². The van der Waals surface area contributed by atoms with Crippen LogP contribution in [0, 0.1) is 5.92 Å². The first-order valence-electron chi connectivity index (χ1n) is 9.66. The smallest absolute Gasteiger partial charge is 0.410 e. The van der Waals surface area contributed by atoms with Crippen molar-refractivity contribution in [2.75, 3.05) is 32.0 Å². The number of rotatable bonds is 4. The molecule has 1 saturated heterocycles. The molecule has 1 aliphatic heterocycles. The zero-order valence-electron chi connectivity index (χ0n) is 17.4. The van der Waals surface area contributed by atoms with Crippen LogP contribution in [0.15, 0.2) is 24.3 Å². The first kappa shape index (κ1) is 21.7. The van der Waals surface area contributed by atoms with Crippen LogP contribution in [-0.2, 0) is 4.74 Å². The van der Waals surface area contributed by atoms with Gasteiger partial charge < -0.3 is 19.9 Å². The summed E-state index contributed by atoms with van der Waals surface area (Å²) in [6.45, 7) is 8.85. The van der Waals surface area contributed by atoms with Crippen LogP contribution in [-0.4, -0.2) is 60.0 Å². The van der Waals surface area contributed by atoms with Crippen LogP contribution in [0.2, 0.25) is 0 Å². The maximum atomic E-state index is 12.6. The number of ketones is 1. The lowest BCUT2D eigenvalue weighted by atomic mass is 9.98. The predicted octanol–water partition coefficient (Wildman–Crippen LogP) is 4.00. The standard InChI is InChI=1S/C21H31N3O4/c1-15(25)17-8-10-18(11-9-17)22-19(26)24-12-6-7-16(14-24)13-23(5)20(27)28-21(2,3)4/h8-11,16H,6-7,12-14H2,1-5H3,(H,22,26)/t16-/m1/s1. The molecule has 1 aliphatic rings. The molecular formula is C21H31N3O4. The molecule has 1 N–H and O–H groups in total. The van der Waals surface area contributed by atoms with Gasteiger partial charge in [-0.15, -0.1) is 0 Å². The summed E-state index contributed by atoms with van der Waals surface area (Å²) in [5.41, 5.74) is 0.742. The molecule has 0 bridgehead atoms. The van der Waals surface area contributed by atoms with E-state index in [1.807, 2.05) is 20.8 Å². The molecule has 7 nitrogen and oxygen atoms in total. The largest absolute Gasteiger partial charge is 0.444 e. The number of likely N-dealkylation sites (tertiary alicyclic amines) is 1. The molecule has 1 aromatic carbocycles. The Labute approximate surface area is 167 Å². The number of carbonyl (C=O) groups excluding carboxylic acids is 3. The van der Waals surface area contributed by atoms with E-state index >= 15 is 0 Å². The van der Waals surface area contributed by atoms with Crippen molar-refractivity contribution in [3.8, 4) is 0 Å². The highest BCUT2D eigenvalue weighted by Gasteiger charge is 2.27. The Balaban J connectivity index is 1.88. The Morgan fingerprint density at radius 2 is 1.86 bits per heavy atom. The van der Waals surface area contributed by atoms with Gasteiger partial charge in [0.2, 0.25) is 0 Å². The van der Waals surface area contributed by atoms with Gasteiger partial charge in [-0.3, -0.25) is 4.79 Å². The number of nitrogens with zero attached hydrogens (tertiary/aromatic N) is 2. The molecule has 2 rings (SSSR count). The minimum absolute atomic E-state index is 0.00847. The topological polar surface area (TPSA) is 79.0 Å². The molecule has 3 amide bonds. The van der Waals surface area contributed by atoms with Crippen molar-refractivity contribution in [3.05, 3.63) is 29.8 Å². The number of amides is 3. The number of nitrogens with one attached hydrogen (secondary N) is 1. The van der Waals surface area contributed by atoms with Crippen molar-refractivity contribution in [1.29, 1.82) is 0 Å². The normalized spacial score (nSPS) is 17.0. The lowest BCUT2D eigenvalue weighted by Crippen LogP contribution is -2.46. The van der Waals surface area contributed by atoms with E-state index in [2.05, 4.69) is 5.32 Å². The first-order chi connectivity index (χ1) is 13.0. The molecule has 0 unspecified atom stereocenters. The summed E-state index contributed by atoms with van der Waals surface area (Å²) < 4.78 is 5.39. The minimum Gasteiger partial charge on any atom is -0.444 e. The average molecular weight is 389 g/mol. The van der Waals surface area contributed by atoms with Crippen molar-refractivity contribution >= 4 is 23.6 Å². The number of anilines is 1. The van der Waals surface area contributed by atoms with Crippen LogP contribution in [0.3, 0.4) is 0 Å². The molecule has 0 aromatic heterocycles. The van der Waals surface area contributed by atoms with E-state index in [0.717, 1.165) is 12.8 Å². The summed E-state index contributed by atoms with van der Waals surface area (Å²) in [5, 5.41) is 2.88. The monoisotopic (exact) mass is 389 g/mol. The second-order valence-electron chi connectivity index (χ2n) is 8.38. The van der Waals surface area contributed by atoms with E-state index in [1.165, 1.54) is 6.92 Å². The highest BCUT2D eigenvalue weighted by atomic mass is 16.6. The summed E-state index contributed by atoms with van der Waals surface area (Å²) in [5.74, 6) is 0.197. The number of Topliss-reactive ketones (excluding diaryl/α,β-unsaturated/α-hetero) is 1. The molecule has 154 valence electrons. The van der Waals surface area contributed by atoms with E-state index in [-0.39, 0.29) is 23.8 Å². The highest BCUT2D eigenvalue weighted by Crippen LogP contribution is 2.20. The first-order valence-corrected chi connectivity index (χ1v) is 9.66. The van der Waals surface area contributed by atoms with E-state index in [0.29, 0.717) is 30.9 Å². The second kappa shape index (κ2) is 9.08. The number of piperidine rings is 1. The molecule has 1 fully saturated rings. The predicted molar refractivity (Wildman–Crippen MR) is 109 cm³/mol. The van der Waals surface area contributed by atoms with Crippen molar-refractivity contribution in [3.63, 3.8) is 0 Å². The van der Waals surface area contributed by atoms with Gasteiger partial charge in [-0.2, -0.15) is 0 Å². The fourth-order valence-corrected chi connectivity index (χ4v) is 3.19. The van der Waals surface area contributed by atoms with Crippen LogP contribution in [0.4, 0.5) is 15.3 Å². The Kier molecular flexibility index (Phi) is 7.05. The molecule has 1 aromatic rings. The SMILES string of the molecule is CC(=O)c1ccc(NC(=O)N2CCC[C@H](CN(C)C(=O)OC(C)(C)C)C2)cc1. The molecular weight excluding hydrogens is 358 g/mol. The highest BCUT2D eigenvalue weighted by molar-refractivity contribution is 5.95. The molecule has 7 heteroatoms. The van der Waals surface area contributed by atoms with E-state index in [1.54, 1.807) is 41.1 Å². The van der Waals surface area contributed by atoms with Crippen molar-refractivity contribution in [2.24, 2.45) is 5.92 Å². The molecule has 0 radical (unpaired) electrons. The van der Waals surface area contributed by atoms with Gasteiger partial charge in [0.1, 0.15) is 5.60 Å².